The first kappa shape index (κ1) is 21.4. The molecule has 8 heteroatoms. The minimum absolute atomic E-state index is 0.108. The molecule has 2 aromatic rings. The van der Waals surface area contributed by atoms with Crippen molar-refractivity contribution < 1.29 is 23.5 Å². The number of methoxy groups -OCH3 is 1. The Morgan fingerprint density at radius 2 is 1.97 bits per heavy atom. The minimum Gasteiger partial charge on any atom is -0.497 e. The van der Waals surface area contributed by atoms with Crippen LogP contribution in [0.15, 0.2) is 47.1 Å². The van der Waals surface area contributed by atoms with Crippen LogP contribution < -0.4 is 20.3 Å². The Kier molecular flexibility index (Phi) is 6.76. The molecule has 1 saturated heterocycles. The van der Waals surface area contributed by atoms with E-state index in [0.717, 1.165) is 0 Å². The Labute approximate surface area is 175 Å². The number of ether oxygens (including phenoxy) is 1. The van der Waals surface area contributed by atoms with Crippen molar-refractivity contribution in [2.45, 2.75) is 32.9 Å². The van der Waals surface area contributed by atoms with Gasteiger partial charge in [-0.05, 0) is 42.3 Å². The molecule has 0 saturated carbocycles. The third-order valence-corrected chi connectivity index (χ3v) is 5.14. The fourth-order valence-corrected chi connectivity index (χ4v) is 3.40. The molecule has 8 nitrogen and oxygen atoms in total. The predicted molar refractivity (Wildman–Crippen MR) is 111 cm³/mol. The molecule has 1 aliphatic rings. The summed E-state index contributed by atoms with van der Waals surface area (Å²) >= 11 is 0. The first-order valence-corrected chi connectivity index (χ1v) is 9.94. The molecule has 1 aromatic carbocycles. The number of anilines is 1. The molecule has 1 aromatic heterocycles. The number of furan rings is 1. The lowest BCUT2D eigenvalue weighted by Gasteiger charge is -2.23. The molecule has 3 rings (SSSR count). The SMILES string of the molecule is COc1ccc(N2C[C@H](C(=O)N[C@H](C(=O)NCc3ccco3)C(C)C)CC2=O)cc1. The molecule has 3 amide bonds. The van der Waals surface area contributed by atoms with Gasteiger partial charge in [0.05, 0.1) is 25.8 Å². The summed E-state index contributed by atoms with van der Waals surface area (Å²) in [4.78, 5) is 39.4. The topological polar surface area (TPSA) is 101 Å². The highest BCUT2D eigenvalue weighted by Gasteiger charge is 2.37. The summed E-state index contributed by atoms with van der Waals surface area (Å²) in [5.74, 6) is -0.00576. The Hall–Kier alpha value is -3.29. The summed E-state index contributed by atoms with van der Waals surface area (Å²) in [5.41, 5.74) is 0.715. The largest absolute Gasteiger partial charge is 0.497 e. The smallest absolute Gasteiger partial charge is 0.243 e. The van der Waals surface area contributed by atoms with E-state index in [-0.39, 0.29) is 43.1 Å². The quantitative estimate of drug-likeness (QED) is 0.690. The zero-order chi connectivity index (χ0) is 21.7. The van der Waals surface area contributed by atoms with Gasteiger partial charge in [-0.3, -0.25) is 14.4 Å². The number of hydrogen-bond acceptors (Lipinski definition) is 5. The van der Waals surface area contributed by atoms with Gasteiger partial charge in [0.2, 0.25) is 17.7 Å². The van der Waals surface area contributed by atoms with Gasteiger partial charge in [-0.25, -0.2) is 0 Å². The number of nitrogens with one attached hydrogen (secondary N) is 2. The third-order valence-electron chi connectivity index (χ3n) is 5.14. The van der Waals surface area contributed by atoms with Crippen molar-refractivity contribution in [1.29, 1.82) is 0 Å². The molecular weight excluding hydrogens is 386 g/mol. The molecule has 2 atom stereocenters. The monoisotopic (exact) mass is 413 g/mol. The fourth-order valence-electron chi connectivity index (χ4n) is 3.40. The van der Waals surface area contributed by atoms with Gasteiger partial charge >= 0.3 is 0 Å². The average molecular weight is 413 g/mol. The van der Waals surface area contributed by atoms with Crippen molar-refractivity contribution >= 4 is 23.4 Å². The average Bonchev–Trinajstić information content (AvgIpc) is 3.39. The van der Waals surface area contributed by atoms with Gasteiger partial charge in [0.15, 0.2) is 0 Å². The van der Waals surface area contributed by atoms with Crippen LogP contribution >= 0.6 is 0 Å². The van der Waals surface area contributed by atoms with Crippen molar-refractivity contribution in [3.63, 3.8) is 0 Å². The van der Waals surface area contributed by atoms with E-state index in [1.807, 2.05) is 13.8 Å². The van der Waals surface area contributed by atoms with E-state index in [0.29, 0.717) is 17.2 Å². The Bertz CT molecular complexity index is 877. The molecule has 160 valence electrons. The van der Waals surface area contributed by atoms with Crippen LogP contribution in [0.3, 0.4) is 0 Å². The lowest BCUT2D eigenvalue weighted by Crippen LogP contribution is -2.51. The second-order valence-electron chi connectivity index (χ2n) is 7.63. The van der Waals surface area contributed by atoms with Gasteiger partial charge in [-0.2, -0.15) is 0 Å². The minimum atomic E-state index is -0.697. The van der Waals surface area contributed by atoms with Gasteiger partial charge in [0, 0.05) is 18.7 Å². The zero-order valence-corrected chi connectivity index (χ0v) is 17.4. The predicted octanol–water partition coefficient (Wildman–Crippen LogP) is 2.10. The number of hydrogen-bond donors (Lipinski definition) is 2. The summed E-state index contributed by atoms with van der Waals surface area (Å²) in [6.07, 6.45) is 1.64. The summed E-state index contributed by atoms with van der Waals surface area (Å²) < 4.78 is 10.4. The van der Waals surface area contributed by atoms with E-state index >= 15 is 0 Å². The maximum Gasteiger partial charge on any atom is 0.243 e. The van der Waals surface area contributed by atoms with Gasteiger partial charge < -0.3 is 24.7 Å². The number of nitrogens with zero attached hydrogens (tertiary/aromatic N) is 1. The molecule has 1 aliphatic heterocycles. The summed E-state index contributed by atoms with van der Waals surface area (Å²) in [6.45, 7) is 4.25. The first-order chi connectivity index (χ1) is 14.4. The maximum absolute atomic E-state index is 12.8. The number of benzene rings is 1. The van der Waals surface area contributed by atoms with Gasteiger partial charge in [-0.15, -0.1) is 0 Å². The molecule has 0 aliphatic carbocycles. The van der Waals surface area contributed by atoms with Crippen LogP contribution in [-0.4, -0.2) is 37.4 Å². The summed E-state index contributed by atoms with van der Waals surface area (Å²) in [6, 6.07) is 9.93. The van der Waals surface area contributed by atoms with E-state index in [1.54, 1.807) is 48.4 Å². The lowest BCUT2D eigenvalue weighted by molar-refractivity contribution is -0.132. The van der Waals surface area contributed by atoms with Crippen molar-refractivity contribution in [3.8, 4) is 5.75 Å². The van der Waals surface area contributed by atoms with Crippen LogP contribution in [0.2, 0.25) is 0 Å². The van der Waals surface area contributed by atoms with Gasteiger partial charge in [-0.1, -0.05) is 13.8 Å². The molecular formula is C22H27N3O5. The fraction of sp³-hybridized carbons (Fsp3) is 0.409. The molecule has 0 bridgehead atoms. The van der Waals surface area contributed by atoms with Crippen LogP contribution in [0.25, 0.3) is 0 Å². The van der Waals surface area contributed by atoms with Crippen molar-refractivity contribution in [2.24, 2.45) is 11.8 Å². The maximum atomic E-state index is 12.8. The highest BCUT2D eigenvalue weighted by molar-refractivity contribution is 6.01. The zero-order valence-electron chi connectivity index (χ0n) is 17.4. The third kappa shape index (κ3) is 5.00. The number of carbonyl (C=O) groups is 3. The highest BCUT2D eigenvalue weighted by atomic mass is 16.5. The number of carbonyl (C=O) groups excluding carboxylic acids is 3. The molecule has 2 heterocycles. The van der Waals surface area contributed by atoms with E-state index in [4.69, 9.17) is 9.15 Å². The molecule has 0 spiro atoms. The Morgan fingerprint density at radius 1 is 1.23 bits per heavy atom. The van der Waals surface area contributed by atoms with Crippen LogP contribution in [0, 0.1) is 11.8 Å². The van der Waals surface area contributed by atoms with E-state index in [9.17, 15) is 14.4 Å². The van der Waals surface area contributed by atoms with E-state index < -0.39 is 12.0 Å². The molecule has 30 heavy (non-hydrogen) atoms. The highest BCUT2D eigenvalue weighted by Crippen LogP contribution is 2.27. The van der Waals surface area contributed by atoms with Crippen LogP contribution in [0.4, 0.5) is 5.69 Å². The normalized spacial score (nSPS) is 17.1. The molecule has 1 fully saturated rings. The van der Waals surface area contributed by atoms with Crippen LogP contribution in [0.1, 0.15) is 26.0 Å². The van der Waals surface area contributed by atoms with Crippen molar-refractivity contribution in [1.82, 2.24) is 10.6 Å². The Balaban J connectivity index is 1.60. The molecule has 0 unspecified atom stereocenters. The van der Waals surface area contributed by atoms with E-state index in [1.165, 1.54) is 6.26 Å². The second kappa shape index (κ2) is 9.47. The molecule has 0 radical (unpaired) electrons. The van der Waals surface area contributed by atoms with E-state index in [2.05, 4.69) is 10.6 Å². The Morgan fingerprint density at radius 3 is 2.57 bits per heavy atom. The molecule has 2 N–H and O–H groups in total. The van der Waals surface area contributed by atoms with Gasteiger partial charge in [0.25, 0.3) is 0 Å². The van der Waals surface area contributed by atoms with Gasteiger partial charge in [0.1, 0.15) is 17.6 Å². The van der Waals surface area contributed by atoms with Crippen molar-refractivity contribution in [2.75, 3.05) is 18.6 Å². The van der Waals surface area contributed by atoms with Crippen LogP contribution in [-0.2, 0) is 20.9 Å². The first-order valence-electron chi connectivity index (χ1n) is 9.94. The van der Waals surface area contributed by atoms with Crippen molar-refractivity contribution in [3.05, 3.63) is 48.4 Å². The number of rotatable bonds is 8. The summed E-state index contributed by atoms with van der Waals surface area (Å²) in [5, 5.41) is 5.60. The standard InChI is InChI=1S/C22H27N3O5/c1-14(2)20(22(28)23-12-18-5-4-10-30-18)24-21(27)15-11-19(26)25(13-15)16-6-8-17(29-3)9-7-16/h4-10,14-15,20H,11-13H2,1-3H3,(H,23,28)(H,24,27)/t15-,20+/m1/s1. The second-order valence-corrected chi connectivity index (χ2v) is 7.63. The van der Waals surface area contributed by atoms with Crippen LogP contribution in [0.5, 0.6) is 5.75 Å². The summed E-state index contributed by atoms with van der Waals surface area (Å²) in [7, 11) is 1.58. The lowest BCUT2D eigenvalue weighted by atomic mass is 10.0. The number of amides is 3.